The largest absolute Gasteiger partial charge is 0.573 e. The lowest BCUT2D eigenvalue weighted by molar-refractivity contribution is -0.274. The van der Waals surface area contributed by atoms with Crippen molar-refractivity contribution in [3.05, 3.63) is 48.6 Å². The summed E-state index contributed by atoms with van der Waals surface area (Å²) in [6.07, 6.45) is -3.16. The summed E-state index contributed by atoms with van der Waals surface area (Å²) >= 11 is 0. The lowest BCUT2D eigenvalue weighted by atomic mass is 10.0. The summed E-state index contributed by atoms with van der Waals surface area (Å²) in [5, 5.41) is 5.43. The van der Waals surface area contributed by atoms with Crippen molar-refractivity contribution in [2.24, 2.45) is 11.8 Å². The van der Waals surface area contributed by atoms with Gasteiger partial charge < -0.3 is 15.4 Å². The molecular weight excluding hydrogens is 411 g/mol. The minimum Gasteiger partial charge on any atom is -0.406 e. The van der Waals surface area contributed by atoms with Gasteiger partial charge in [-0.25, -0.2) is 4.98 Å². The molecule has 31 heavy (non-hydrogen) atoms. The molecule has 1 heterocycles. The summed E-state index contributed by atoms with van der Waals surface area (Å²) in [5.74, 6) is -0.881. The molecule has 2 amide bonds. The fourth-order valence-electron chi connectivity index (χ4n) is 2.71. The zero-order valence-corrected chi connectivity index (χ0v) is 17.0. The van der Waals surface area contributed by atoms with Crippen LogP contribution in [0.25, 0.3) is 11.1 Å². The number of anilines is 2. The second-order valence-corrected chi connectivity index (χ2v) is 7.52. The van der Waals surface area contributed by atoms with E-state index in [1.807, 2.05) is 0 Å². The standard InChI is InChI=1S/C22H22F3N3O3/c1-12(2)13(3)20(29)27-18-10-16(11-19(26-18)28-21(30)15-4-5-15)14-6-8-17(9-7-14)31-22(23,24)25/h6-11,13,15H,1,4-5H2,2-3H3,(H2,26,27,28,29,30). The number of hydrogen-bond acceptors (Lipinski definition) is 4. The van der Waals surface area contributed by atoms with Gasteiger partial charge in [-0.2, -0.15) is 0 Å². The molecular formula is C22H22F3N3O3. The molecule has 2 N–H and O–H groups in total. The molecule has 1 aromatic heterocycles. The third kappa shape index (κ3) is 6.31. The van der Waals surface area contributed by atoms with E-state index in [0.29, 0.717) is 16.7 Å². The number of aromatic nitrogens is 1. The lowest BCUT2D eigenvalue weighted by Gasteiger charge is -2.14. The van der Waals surface area contributed by atoms with Crippen molar-refractivity contribution in [3.63, 3.8) is 0 Å². The van der Waals surface area contributed by atoms with Gasteiger partial charge in [0.1, 0.15) is 17.4 Å². The van der Waals surface area contributed by atoms with Crippen molar-refractivity contribution in [1.82, 2.24) is 4.98 Å². The van der Waals surface area contributed by atoms with Crippen LogP contribution in [0.5, 0.6) is 5.75 Å². The molecule has 0 aliphatic heterocycles. The van der Waals surface area contributed by atoms with Crippen LogP contribution >= 0.6 is 0 Å². The number of halogens is 3. The molecule has 1 aromatic carbocycles. The number of pyridine rings is 1. The molecule has 0 radical (unpaired) electrons. The molecule has 9 heteroatoms. The van der Waals surface area contributed by atoms with E-state index in [4.69, 9.17) is 0 Å². The van der Waals surface area contributed by atoms with Gasteiger partial charge in [0.05, 0.1) is 5.92 Å². The van der Waals surface area contributed by atoms with E-state index in [1.54, 1.807) is 26.0 Å². The van der Waals surface area contributed by atoms with E-state index in [-0.39, 0.29) is 35.1 Å². The summed E-state index contributed by atoms with van der Waals surface area (Å²) in [7, 11) is 0. The van der Waals surface area contributed by atoms with E-state index in [2.05, 4.69) is 26.9 Å². The summed E-state index contributed by atoms with van der Waals surface area (Å²) in [5.41, 5.74) is 1.79. The second kappa shape index (κ2) is 8.79. The predicted molar refractivity (Wildman–Crippen MR) is 110 cm³/mol. The van der Waals surface area contributed by atoms with Crippen molar-refractivity contribution in [2.75, 3.05) is 10.6 Å². The highest BCUT2D eigenvalue weighted by Crippen LogP contribution is 2.32. The highest BCUT2D eigenvalue weighted by Gasteiger charge is 2.31. The first-order valence-electron chi connectivity index (χ1n) is 9.67. The molecule has 0 spiro atoms. The molecule has 0 bridgehead atoms. The molecule has 1 aliphatic rings. The Bertz CT molecular complexity index is 999. The van der Waals surface area contributed by atoms with Crippen LogP contribution in [-0.4, -0.2) is 23.2 Å². The van der Waals surface area contributed by atoms with E-state index in [9.17, 15) is 22.8 Å². The highest BCUT2D eigenvalue weighted by atomic mass is 19.4. The first-order chi connectivity index (χ1) is 14.5. The Hall–Kier alpha value is -3.36. The van der Waals surface area contributed by atoms with Crippen LogP contribution < -0.4 is 15.4 Å². The average molecular weight is 433 g/mol. The molecule has 1 fully saturated rings. The average Bonchev–Trinajstić information content (AvgIpc) is 3.51. The topological polar surface area (TPSA) is 80.3 Å². The van der Waals surface area contributed by atoms with Gasteiger partial charge >= 0.3 is 6.36 Å². The Labute approximate surface area is 177 Å². The monoisotopic (exact) mass is 433 g/mol. The Morgan fingerprint density at radius 1 is 1.10 bits per heavy atom. The molecule has 6 nitrogen and oxygen atoms in total. The highest BCUT2D eigenvalue weighted by molar-refractivity contribution is 5.96. The summed E-state index contributed by atoms with van der Waals surface area (Å²) in [6.45, 7) is 7.21. The Balaban J connectivity index is 1.89. The number of carbonyl (C=O) groups is 2. The van der Waals surface area contributed by atoms with E-state index >= 15 is 0 Å². The SMILES string of the molecule is C=C(C)C(C)C(=O)Nc1cc(-c2ccc(OC(F)(F)F)cc2)cc(NC(=O)C2CC2)n1. The maximum atomic E-state index is 12.4. The second-order valence-electron chi connectivity index (χ2n) is 7.52. The van der Waals surface area contributed by atoms with Gasteiger partial charge in [-0.1, -0.05) is 24.3 Å². The minimum absolute atomic E-state index is 0.0502. The fraction of sp³-hybridized carbons (Fsp3) is 0.318. The number of rotatable bonds is 7. The van der Waals surface area contributed by atoms with Crippen LogP contribution in [0, 0.1) is 11.8 Å². The number of hydrogen-bond donors (Lipinski definition) is 2. The third-order valence-electron chi connectivity index (χ3n) is 4.83. The third-order valence-corrected chi connectivity index (χ3v) is 4.83. The van der Waals surface area contributed by atoms with Gasteiger partial charge in [0, 0.05) is 5.92 Å². The number of benzene rings is 1. The van der Waals surface area contributed by atoms with Gasteiger partial charge in [-0.05, 0) is 62.1 Å². The molecule has 1 unspecified atom stereocenters. The number of carbonyl (C=O) groups excluding carboxylic acids is 2. The van der Waals surface area contributed by atoms with Crippen LogP contribution in [0.1, 0.15) is 26.7 Å². The number of nitrogens with zero attached hydrogens (tertiary/aromatic N) is 1. The van der Waals surface area contributed by atoms with Gasteiger partial charge in [-0.15, -0.1) is 13.2 Å². The van der Waals surface area contributed by atoms with E-state index in [1.165, 1.54) is 24.3 Å². The van der Waals surface area contributed by atoms with Crippen LogP contribution in [0.4, 0.5) is 24.8 Å². The van der Waals surface area contributed by atoms with Crippen molar-refractivity contribution in [1.29, 1.82) is 0 Å². The molecule has 1 atom stereocenters. The predicted octanol–water partition coefficient (Wildman–Crippen LogP) is 5.15. The Morgan fingerprint density at radius 3 is 2.19 bits per heavy atom. The first-order valence-corrected chi connectivity index (χ1v) is 9.67. The van der Waals surface area contributed by atoms with Crippen LogP contribution in [0.2, 0.25) is 0 Å². The first kappa shape index (κ1) is 22.3. The van der Waals surface area contributed by atoms with E-state index < -0.39 is 12.3 Å². The number of alkyl halides is 3. The molecule has 0 saturated heterocycles. The lowest BCUT2D eigenvalue weighted by Crippen LogP contribution is -2.22. The van der Waals surface area contributed by atoms with Crippen molar-refractivity contribution in [2.45, 2.75) is 33.1 Å². The molecule has 164 valence electrons. The van der Waals surface area contributed by atoms with Crippen molar-refractivity contribution < 1.29 is 27.5 Å². The summed E-state index contributed by atoms with van der Waals surface area (Å²) in [4.78, 5) is 28.9. The van der Waals surface area contributed by atoms with Gasteiger partial charge in [0.25, 0.3) is 0 Å². The van der Waals surface area contributed by atoms with Crippen LogP contribution in [-0.2, 0) is 9.59 Å². The zero-order chi connectivity index (χ0) is 22.8. The maximum Gasteiger partial charge on any atom is 0.573 e. The zero-order valence-electron chi connectivity index (χ0n) is 17.0. The summed E-state index contributed by atoms with van der Waals surface area (Å²) < 4.78 is 41.1. The Morgan fingerprint density at radius 2 is 1.68 bits per heavy atom. The molecule has 1 aliphatic carbocycles. The molecule has 1 saturated carbocycles. The van der Waals surface area contributed by atoms with Gasteiger partial charge in [-0.3, -0.25) is 9.59 Å². The van der Waals surface area contributed by atoms with Crippen LogP contribution in [0.15, 0.2) is 48.6 Å². The van der Waals surface area contributed by atoms with Crippen LogP contribution in [0.3, 0.4) is 0 Å². The maximum absolute atomic E-state index is 12.4. The Kier molecular flexibility index (Phi) is 6.33. The number of amides is 2. The summed E-state index contributed by atoms with van der Waals surface area (Å²) in [6, 6.07) is 8.45. The fourth-order valence-corrected chi connectivity index (χ4v) is 2.71. The van der Waals surface area contributed by atoms with Gasteiger partial charge in [0.2, 0.25) is 11.8 Å². The number of ether oxygens (including phenoxy) is 1. The minimum atomic E-state index is -4.78. The van der Waals surface area contributed by atoms with Gasteiger partial charge in [0.15, 0.2) is 0 Å². The van der Waals surface area contributed by atoms with Crippen molar-refractivity contribution >= 4 is 23.5 Å². The normalized spacial score (nSPS) is 14.5. The molecule has 2 aromatic rings. The van der Waals surface area contributed by atoms with Crippen molar-refractivity contribution in [3.8, 4) is 16.9 Å². The molecule has 3 rings (SSSR count). The van der Waals surface area contributed by atoms with E-state index in [0.717, 1.165) is 12.8 Å². The smallest absolute Gasteiger partial charge is 0.406 e. The number of nitrogens with one attached hydrogen (secondary N) is 2. The quantitative estimate of drug-likeness (QED) is 0.592.